The first kappa shape index (κ1) is 20.1. The summed E-state index contributed by atoms with van der Waals surface area (Å²) in [6, 6.07) is 14.6. The summed E-state index contributed by atoms with van der Waals surface area (Å²) in [5, 5.41) is 5.86. The molecule has 7 heteroatoms. The van der Waals surface area contributed by atoms with Crippen molar-refractivity contribution in [3.8, 4) is 0 Å². The Labute approximate surface area is 166 Å². The van der Waals surface area contributed by atoms with Gasteiger partial charge in [0.1, 0.15) is 0 Å². The highest BCUT2D eigenvalue weighted by atomic mass is 79.9. The third kappa shape index (κ3) is 6.24. The number of carbonyl (C=O) groups is 2. The van der Waals surface area contributed by atoms with E-state index in [1.807, 2.05) is 24.3 Å². The highest BCUT2D eigenvalue weighted by molar-refractivity contribution is 9.10. The van der Waals surface area contributed by atoms with Gasteiger partial charge in [-0.3, -0.25) is 14.9 Å². The van der Waals surface area contributed by atoms with Gasteiger partial charge in [-0.05, 0) is 60.6 Å². The van der Waals surface area contributed by atoms with Crippen LogP contribution >= 0.6 is 28.1 Å². The van der Waals surface area contributed by atoms with Crippen LogP contribution in [0.2, 0.25) is 0 Å². The molecule has 2 rings (SSSR count). The Morgan fingerprint density at radius 1 is 1.04 bits per heavy atom. The van der Waals surface area contributed by atoms with E-state index in [-0.39, 0.29) is 16.9 Å². The number of rotatable bonds is 5. The van der Waals surface area contributed by atoms with Gasteiger partial charge in [-0.2, -0.15) is 0 Å². The van der Waals surface area contributed by atoms with Crippen LogP contribution in [0.25, 0.3) is 0 Å². The number of aryl methyl sites for hydroxylation is 1. The minimum atomic E-state index is -0.270. The molecule has 5 nitrogen and oxygen atoms in total. The van der Waals surface area contributed by atoms with E-state index in [0.29, 0.717) is 18.4 Å². The average Bonchev–Trinajstić information content (AvgIpc) is 2.61. The molecular formula is C19H20BrN3O2S. The standard InChI is InChI=1S/C19H20BrN3O2S/c1-23(2)17(24)12-5-13-3-10-16(11-4-13)21-19(26)22-18(25)14-6-8-15(20)9-7-14/h3-4,6-11H,5,12H2,1-2H3,(H2,21,22,25,26). The van der Waals surface area contributed by atoms with Crippen LogP contribution in [0.1, 0.15) is 22.3 Å². The third-order valence-electron chi connectivity index (χ3n) is 3.67. The molecular weight excluding hydrogens is 414 g/mol. The van der Waals surface area contributed by atoms with Gasteiger partial charge < -0.3 is 10.2 Å². The molecule has 0 aliphatic carbocycles. The number of thiocarbonyl (C=S) groups is 1. The lowest BCUT2D eigenvalue weighted by atomic mass is 10.1. The molecule has 0 saturated heterocycles. The Balaban J connectivity index is 1.86. The summed E-state index contributed by atoms with van der Waals surface area (Å²) in [7, 11) is 3.50. The Morgan fingerprint density at radius 3 is 2.23 bits per heavy atom. The summed E-state index contributed by atoms with van der Waals surface area (Å²) in [6.45, 7) is 0. The van der Waals surface area contributed by atoms with Crippen LogP contribution in [0.3, 0.4) is 0 Å². The van der Waals surface area contributed by atoms with Crippen molar-refractivity contribution in [3.05, 3.63) is 64.1 Å². The molecule has 0 aliphatic heterocycles. The monoisotopic (exact) mass is 433 g/mol. The quantitative estimate of drug-likeness (QED) is 0.707. The van der Waals surface area contributed by atoms with Crippen molar-refractivity contribution in [1.29, 1.82) is 0 Å². The summed E-state index contributed by atoms with van der Waals surface area (Å²) in [5.74, 6) is -0.169. The molecule has 0 aliphatic rings. The second-order valence-electron chi connectivity index (χ2n) is 5.90. The van der Waals surface area contributed by atoms with Crippen molar-refractivity contribution >= 4 is 50.8 Å². The van der Waals surface area contributed by atoms with E-state index in [2.05, 4.69) is 26.6 Å². The molecule has 0 unspecified atom stereocenters. The Morgan fingerprint density at radius 2 is 1.65 bits per heavy atom. The number of carbonyl (C=O) groups excluding carboxylic acids is 2. The first-order valence-corrected chi connectivity index (χ1v) is 9.22. The molecule has 0 saturated carbocycles. The lowest BCUT2D eigenvalue weighted by Crippen LogP contribution is -2.34. The van der Waals surface area contributed by atoms with E-state index in [4.69, 9.17) is 12.2 Å². The Bertz CT molecular complexity index is 789. The van der Waals surface area contributed by atoms with Crippen LogP contribution in [0, 0.1) is 0 Å². The molecule has 2 aromatic carbocycles. The Hall–Kier alpha value is -2.25. The smallest absolute Gasteiger partial charge is 0.257 e. The van der Waals surface area contributed by atoms with Crippen LogP contribution in [-0.4, -0.2) is 35.9 Å². The van der Waals surface area contributed by atoms with E-state index in [0.717, 1.165) is 15.7 Å². The second-order valence-corrected chi connectivity index (χ2v) is 7.22. The van der Waals surface area contributed by atoms with E-state index < -0.39 is 0 Å². The maximum absolute atomic E-state index is 12.1. The van der Waals surface area contributed by atoms with Crippen LogP contribution in [-0.2, 0) is 11.2 Å². The molecule has 0 heterocycles. The van der Waals surface area contributed by atoms with Gasteiger partial charge in [0.2, 0.25) is 5.91 Å². The molecule has 0 radical (unpaired) electrons. The van der Waals surface area contributed by atoms with Gasteiger partial charge in [0.05, 0.1) is 0 Å². The van der Waals surface area contributed by atoms with Crippen molar-refractivity contribution in [2.24, 2.45) is 0 Å². The average molecular weight is 434 g/mol. The van der Waals surface area contributed by atoms with E-state index in [1.54, 1.807) is 43.3 Å². The highest BCUT2D eigenvalue weighted by Gasteiger charge is 2.08. The number of nitrogens with zero attached hydrogens (tertiary/aromatic N) is 1. The fraction of sp³-hybridized carbons (Fsp3) is 0.211. The van der Waals surface area contributed by atoms with Crippen LogP contribution < -0.4 is 10.6 Å². The Kier molecular flexibility index (Phi) is 7.29. The molecule has 136 valence electrons. The van der Waals surface area contributed by atoms with Gasteiger partial charge in [0.15, 0.2) is 5.11 Å². The van der Waals surface area contributed by atoms with Crippen molar-refractivity contribution in [2.75, 3.05) is 19.4 Å². The minimum absolute atomic E-state index is 0.101. The molecule has 2 N–H and O–H groups in total. The van der Waals surface area contributed by atoms with Crippen LogP contribution in [0.15, 0.2) is 53.0 Å². The summed E-state index contributed by atoms with van der Waals surface area (Å²) in [4.78, 5) is 25.3. The lowest BCUT2D eigenvalue weighted by Gasteiger charge is -2.11. The van der Waals surface area contributed by atoms with Gasteiger partial charge >= 0.3 is 0 Å². The maximum Gasteiger partial charge on any atom is 0.257 e. The number of anilines is 1. The molecule has 0 spiro atoms. The summed E-state index contributed by atoms with van der Waals surface area (Å²) >= 11 is 8.51. The third-order valence-corrected chi connectivity index (χ3v) is 4.40. The zero-order chi connectivity index (χ0) is 19.1. The lowest BCUT2D eigenvalue weighted by molar-refractivity contribution is -0.128. The van der Waals surface area contributed by atoms with Gasteiger partial charge in [-0.25, -0.2) is 0 Å². The summed E-state index contributed by atoms with van der Waals surface area (Å²) < 4.78 is 0.905. The second kappa shape index (κ2) is 9.45. The van der Waals surface area contributed by atoms with E-state index >= 15 is 0 Å². The molecule has 26 heavy (non-hydrogen) atoms. The fourth-order valence-electron chi connectivity index (χ4n) is 2.17. The first-order chi connectivity index (χ1) is 12.3. The molecule has 2 amide bonds. The maximum atomic E-state index is 12.1. The number of hydrogen-bond acceptors (Lipinski definition) is 3. The SMILES string of the molecule is CN(C)C(=O)CCc1ccc(NC(=S)NC(=O)c2ccc(Br)cc2)cc1. The number of amides is 2. The normalized spacial score (nSPS) is 10.1. The van der Waals surface area contributed by atoms with Crippen LogP contribution in [0.5, 0.6) is 0 Å². The van der Waals surface area contributed by atoms with E-state index in [1.165, 1.54) is 0 Å². The summed E-state index contributed by atoms with van der Waals surface area (Å²) in [5.41, 5.74) is 2.36. The zero-order valence-electron chi connectivity index (χ0n) is 14.6. The number of hydrogen-bond donors (Lipinski definition) is 2. The van der Waals surface area contributed by atoms with Gasteiger partial charge in [-0.15, -0.1) is 0 Å². The highest BCUT2D eigenvalue weighted by Crippen LogP contribution is 2.12. The minimum Gasteiger partial charge on any atom is -0.349 e. The molecule has 0 atom stereocenters. The van der Waals surface area contributed by atoms with Gasteiger partial charge in [0.25, 0.3) is 5.91 Å². The first-order valence-electron chi connectivity index (χ1n) is 8.02. The predicted molar refractivity (Wildman–Crippen MR) is 111 cm³/mol. The van der Waals surface area contributed by atoms with Gasteiger partial charge in [0, 0.05) is 36.2 Å². The fourth-order valence-corrected chi connectivity index (χ4v) is 2.64. The van der Waals surface area contributed by atoms with Gasteiger partial charge in [-0.1, -0.05) is 28.1 Å². The van der Waals surface area contributed by atoms with Crippen molar-refractivity contribution in [2.45, 2.75) is 12.8 Å². The molecule has 0 bridgehead atoms. The molecule has 0 fully saturated rings. The van der Waals surface area contributed by atoms with Crippen LogP contribution in [0.4, 0.5) is 5.69 Å². The zero-order valence-corrected chi connectivity index (χ0v) is 17.0. The largest absolute Gasteiger partial charge is 0.349 e. The van der Waals surface area contributed by atoms with Crippen molar-refractivity contribution < 1.29 is 9.59 Å². The van der Waals surface area contributed by atoms with Crippen molar-refractivity contribution in [3.63, 3.8) is 0 Å². The van der Waals surface area contributed by atoms with E-state index in [9.17, 15) is 9.59 Å². The molecule has 0 aromatic heterocycles. The topological polar surface area (TPSA) is 61.4 Å². The molecule has 2 aromatic rings. The predicted octanol–water partition coefficient (Wildman–Crippen LogP) is 3.60. The summed E-state index contributed by atoms with van der Waals surface area (Å²) in [6.07, 6.45) is 1.16. The van der Waals surface area contributed by atoms with Crippen molar-refractivity contribution in [1.82, 2.24) is 10.2 Å². The number of halogens is 1. The number of nitrogens with one attached hydrogen (secondary N) is 2. The number of benzene rings is 2.